The van der Waals surface area contributed by atoms with Gasteiger partial charge in [0.15, 0.2) is 10.8 Å². The minimum Gasteiger partial charge on any atom is -0.467 e. The van der Waals surface area contributed by atoms with Gasteiger partial charge in [-0.3, -0.25) is 15.0 Å². The summed E-state index contributed by atoms with van der Waals surface area (Å²) in [5.41, 5.74) is -1.71. The van der Waals surface area contributed by atoms with E-state index in [2.05, 4.69) is 5.32 Å². The standard InChI is InChI=1S/C19H16F3N3O3S/c1-10-16-12-9-11(25(26)27)7-8-15(12)28-18(10,2)24(17(29)23-16)14-6-4-3-5-13(14)19(20,21)22/h3-10,16H,1-2H3,(H,23,29)/t10-,16-,18+/m1/s1. The average Bonchev–Trinajstić information content (AvgIpc) is 2.63. The van der Waals surface area contributed by atoms with E-state index in [-0.39, 0.29) is 22.4 Å². The van der Waals surface area contributed by atoms with Crippen molar-refractivity contribution in [3.8, 4) is 5.75 Å². The number of non-ortho nitro benzene ring substituents is 1. The summed E-state index contributed by atoms with van der Waals surface area (Å²) in [7, 11) is 0. The van der Waals surface area contributed by atoms with E-state index in [1.807, 2.05) is 6.92 Å². The fourth-order valence-electron chi connectivity index (χ4n) is 3.99. The Labute approximate surface area is 169 Å². The van der Waals surface area contributed by atoms with E-state index in [1.165, 1.54) is 41.3 Å². The Morgan fingerprint density at radius 3 is 2.62 bits per heavy atom. The smallest absolute Gasteiger partial charge is 0.418 e. The number of nitrogens with zero attached hydrogens (tertiary/aromatic N) is 2. The minimum absolute atomic E-state index is 0.0597. The Kier molecular flexibility index (Phi) is 4.23. The van der Waals surface area contributed by atoms with Gasteiger partial charge in [0.25, 0.3) is 5.69 Å². The third-order valence-corrected chi connectivity index (χ3v) is 5.88. The number of halogens is 3. The van der Waals surface area contributed by atoms with Crippen LogP contribution in [0.25, 0.3) is 0 Å². The van der Waals surface area contributed by atoms with Crippen molar-refractivity contribution in [2.75, 3.05) is 4.90 Å². The van der Waals surface area contributed by atoms with Crippen molar-refractivity contribution in [3.63, 3.8) is 0 Å². The van der Waals surface area contributed by atoms with Gasteiger partial charge in [-0.25, -0.2) is 0 Å². The zero-order chi connectivity index (χ0) is 21.1. The second-order valence-corrected chi connectivity index (χ2v) is 7.59. The summed E-state index contributed by atoms with van der Waals surface area (Å²) >= 11 is 5.42. The molecule has 0 amide bonds. The highest BCUT2D eigenvalue weighted by atomic mass is 32.1. The number of rotatable bonds is 2. The maximum atomic E-state index is 13.6. The highest BCUT2D eigenvalue weighted by Crippen LogP contribution is 2.51. The van der Waals surface area contributed by atoms with Crippen molar-refractivity contribution in [2.24, 2.45) is 5.92 Å². The summed E-state index contributed by atoms with van der Waals surface area (Å²) in [5.74, 6) is -0.00400. The summed E-state index contributed by atoms with van der Waals surface area (Å²) in [4.78, 5) is 12.0. The molecule has 0 saturated carbocycles. The van der Waals surface area contributed by atoms with E-state index in [9.17, 15) is 23.3 Å². The van der Waals surface area contributed by atoms with Crippen molar-refractivity contribution < 1.29 is 22.8 Å². The molecular weight excluding hydrogens is 407 g/mol. The third kappa shape index (κ3) is 2.89. The summed E-state index contributed by atoms with van der Waals surface area (Å²) in [6.45, 7) is 3.49. The quantitative estimate of drug-likeness (QED) is 0.425. The zero-order valence-electron chi connectivity index (χ0n) is 15.4. The molecule has 0 unspecified atom stereocenters. The topological polar surface area (TPSA) is 67.6 Å². The van der Waals surface area contributed by atoms with Crippen LogP contribution in [0.3, 0.4) is 0 Å². The van der Waals surface area contributed by atoms with E-state index >= 15 is 0 Å². The van der Waals surface area contributed by atoms with Gasteiger partial charge in [-0.1, -0.05) is 19.1 Å². The second-order valence-electron chi connectivity index (χ2n) is 7.20. The third-order valence-electron chi connectivity index (χ3n) is 5.58. The first-order chi connectivity index (χ1) is 13.5. The van der Waals surface area contributed by atoms with Crippen molar-refractivity contribution >= 4 is 28.7 Å². The number of anilines is 1. The monoisotopic (exact) mass is 423 g/mol. The first-order valence-corrected chi connectivity index (χ1v) is 9.19. The number of benzene rings is 2. The van der Waals surface area contributed by atoms with Crippen LogP contribution in [0.5, 0.6) is 5.75 Å². The first-order valence-electron chi connectivity index (χ1n) is 8.78. The van der Waals surface area contributed by atoms with E-state index in [4.69, 9.17) is 17.0 Å². The van der Waals surface area contributed by atoms with Crippen molar-refractivity contribution in [1.82, 2.24) is 5.32 Å². The van der Waals surface area contributed by atoms with Crippen LogP contribution in [0.1, 0.15) is 31.0 Å². The second kappa shape index (κ2) is 6.31. The van der Waals surface area contributed by atoms with Gasteiger partial charge in [-0.15, -0.1) is 0 Å². The normalized spacial score (nSPS) is 25.7. The van der Waals surface area contributed by atoms with E-state index in [1.54, 1.807) is 6.92 Å². The molecule has 152 valence electrons. The van der Waals surface area contributed by atoms with Gasteiger partial charge in [0, 0.05) is 23.6 Å². The van der Waals surface area contributed by atoms with Crippen molar-refractivity contribution in [2.45, 2.75) is 31.8 Å². The zero-order valence-corrected chi connectivity index (χ0v) is 16.2. The number of thiocarbonyl (C=S) groups is 1. The predicted octanol–water partition coefficient (Wildman–Crippen LogP) is 4.79. The van der Waals surface area contributed by atoms with Gasteiger partial charge in [0.2, 0.25) is 0 Å². The van der Waals surface area contributed by atoms with Gasteiger partial charge < -0.3 is 10.1 Å². The lowest BCUT2D eigenvalue weighted by atomic mass is 9.80. The van der Waals surface area contributed by atoms with Crippen LogP contribution in [0.2, 0.25) is 0 Å². The molecule has 2 heterocycles. The Bertz CT molecular complexity index is 1030. The number of ether oxygens (including phenoxy) is 1. The van der Waals surface area contributed by atoms with E-state index in [0.717, 1.165) is 6.07 Å². The van der Waals surface area contributed by atoms with Crippen LogP contribution >= 0.6 is 12.2 Å². The van der Waals surface area contributed by atoms with Crippen LogP contribution in [-0.2, 0) is 6.18 Å². The number of nitro benzene ring substituents is 1. The number of alkyl halides is 3. The number of nitro groups is 1. The number of nitrogens with one attached hydrogen (secondary N) is 1. The van der Waals surface area contributed by atoms with Gasteiger partial charge in [0.05, 0.1) is 22.2 Å². The maximum absolute atomic E-state index is 13.6. The highest BCUT2D eigenvalue weighted by molar-refractivity contribution is 7.80. The SMILES string of the molecule is C[C@@H]1[C@H]2NC(=S)N(c3ccccc3C(F)(F)F)[C@@]1(C)Oc1ccc([N+](=O)[O-])cc12. The maximum Gasteiger partial charge on any atom is 0.418 e. The molecule has 0 spiro atoms. The first kappa shape index (κ1) is 19.4. The van der Waals surface area contributed by atoms with Gasteiger partial charge in [-0.2, -0.15) is 13.2 Å². The molecule has 3 atom stereocenters. The van der Waals surface area contributed by atoms with Crippen LogP contribution in [0, 0.1) is 16.0 Å². The molecule has 10 heteroatoms. The molecule has 29 heavy (non-hydrogen) atoms. The average molecular weight is 423 g/mol. The Morgan fingerprint density at radius 1 is 1.28 bits per heavy atom. The van der Waals surface area contributed by atoms with Gasteiger partial charge in [0.1, 0.15) is 5.75 Å². The molecule has 4 rings (SSSR count). The lowest BCUT2D eigenvalue weighted by Crippen LogP contribution is -2.69. The molecule has 2 aromatic rings. The molecule has 0 radical (unpaired) electrons. The van der Waals surface area contributed by atoms with Crippen LogP contribution in [0.15, 0.2) is 42.5 Å². The van der Waals surface area contributed by atoms with Gasteiger partial charge >= 0.3 is 6.18 Å². The molecule has 1 N–H and O–H groups in total. The Hall–Kier alpha value is -2.88. The predicted molar refractivity (Wildman–Crippen MR) is 104 cm³/mol. The van der Waals surface area contributed by atoms with Crippen LogP contribution in [-0.4, -0.2) is 15.8 Å². The fraction of sp³-hybridized carbons (Fsp3) is 0.316. The Morgan fingerprint density at radius 2 is 1.97 bits per heavy atom. The number of hydrogen-bond acceptors (Lipinski definition) is 4. The van der Waals surface area contributed by atoms with Crippen molar-refractivity contribution in [3.05, 3.63) is 63.7 Å². The molecular formula is C19H16F3N3O3S. The lowest BCUT2D eigenvalue weighted by molar-refractivity contribution is -0.385. The molecule has 2 bridgehead atoms. The van der Waals surface area contributed by atoms with Gasteiger partial charge in [-0.05, 0) is 37.3 Å². The molecule has 2 aromatic carbocycles. The number of para-hydroxylation sites is 1. The summed E-state index contributed by atoms with van der Waals surface area (Å²) in [6.07, 6.45) is -4.57. The minimum atomic E-state index is -4.57. The van der Waals surface area contributed by atoms with Crippen LogP contribution < -0.4 is 15.0 Å². The molecule has 6 nitrogen and oxygen atoms in total. The fourth-order valence-corrected chi connectivity index (χ4v) is 4.39. The van der Waals surface area contributed by atoms with Crippen molar-refractivity contribution in [1.29, 1.82) is 0 Å². The molecule has 1 saturated heterocycles. The van der Waals surface area contributed by atoms with E-state index < -0.39 is 28.4 Å². The summed E-state index contributed by atoms with van der Waals surface area (Å²) < 4.78 is 47.1. The summed E-state index contributed by atoms with van der Waals surface area (Å²) in [6, 6.07) is 8.91. The molecule has 0 aliphatic carbocycles. The highest BCUT2D eigenvalue weighted by Gasteiger charge is 2.55. The number of hydrogen-bond donors (Lipinski definition) is 1. The van der Waals surface area contributed by atoms with E-state index in [0.29, 0.717) is 11.3 Å². The van der Waals surface area contributed by atoms with Crippen LogP contribution in [0.4, 0.5) is 24.5 Å². The molecule has 0 aromatic heterocycles. The Balaban J connectivity index is 1.87. The summed E-state index contributed by atoms with van der Waals surface area (Å²) in [5, 5.41) is 14.3. The number of fused-ring (bicyclic) bond motifs is 4. The molecule has 2 aliphatic rings. The molecule has 1 fully saturated rings. The molecule has 2 aliphatic heterocycles. The lowest BCUT2D eigenvalue weighted by Gasteiger charge is -2.56. The largest absolute Gasteiger partial charge is 0.467 e.